The van der Waals surface area contributed by atoms with E-state index in [9.17, 15) is 18.4 Å². The topological polar surface area (TPSA) is 70.7 Å². The summed E-state index contributed by atoms with van der Waals surface area (Å²) in [6.45, 7) is 8.85. The molecule has 2 unspecified atom stereocenters. The molecule has 0 bridgehead atoms. The highest BCUT2D eigenvalue weighted by Gasteiger charge is 2.40. The van der Waals surface area contributed by atoms with Crippen LogP contribution in [0.3, 0.4) is 0 Å². The van der Waals surface area contributed by atoms with Crippen LogP contribution >= 0.6 is 0 Å². The maximum absolute atomic E-state index is 14.2. The van der Waals surface area contributed by atoms with Crippen LogP contribution in [-0.4, -0.2) is 29.3 Å². The summed E-state index contributed by atoms with van der Waals surface area (Å²) in [6, 6.07) is 11.2. The number of nitrogens with one attached hydrogen (secondary N) is 2. The van der Waals surface area contributed by atoms with E-state index < -0.39 is 17.6 Å². The van der Waals surface area contributed by atoms with Crippen molar-refractivity contribution >= 4 is 11.8 Å². The first-order valence-corrected chi connectivity index (χ1v) is 12.6. The van der Waals surface area contributed by atoms with E-state index in [4.69, 9.17) is 4.74 Å². The molecule has 1 aliphatic carbocycles. The monoisotopic (exact) mass is 509 g/mol. The molecule has 2 N–H and O–H groups in total. The number of allylic oxidation sites excluding steroid dienone is 3. The van der Waals surface area contributed by atoms with Gasteiger partial charge >= 0.3 is 0 Å². The van der Waals surface area contributed by atoms with Gasteiger partial charge in [-0.25, -0.2) is 8.78 Å². The van der Waals surface area contributed by atoms with Gasteiger partial charge in [-0.3, -0.25) is 9.59 Å². The van der Waals surface area contributed by atoms with Crippen LogP contribution in [0.5, 0.6) is 5.75 Å². The van der Waals surface area contributed by atoms with Crippen molar-refractivity contribution in [3.8, 4) is 5.75 Å². The third-order valence-electron chi connectivity index (χ3n) is 6.52. The maximum Gasteiger partial charge on any atom is 0.243 e. The number of rotatable bonds is 8. The van der Waals surface area contributed by atoms with Crippen molar-refractivity contribution in [3.63, 3.8) is 0 Å². The van der Waals surface area contributed by atoms with Crippen LogP contribution in [0.4, 0.5) is 8.78 Å². The fourth-order valence-corrected chi connectivity index (χ4v) is 4.80. The molecule has 37 heavy (non-hydrogen) atoms. The summed E-state index contributed by atoms with van der Waals surface area (Å²) >= 11 is 0. The quantitative estimate of drug-likeness (QED) is 0.526. The first-order chi connectivity index (χ1) is 17.6. The average Bonchev–Trinajstić information content (AvgIpc) is 2.95. The lowest BCUT2D eigenvalue weighted by Crippen LogP contribution is -2.42. The van der Waals surface area contributed by atoms with Crippen LogP contribution in [-0.2, 0) is 16.1 Å². The normalized spacial score (nSPS) is 18.7. The standard InChI is InChI=1S/C29H33F2N3O3/c1-17(2)28(20-7-5-6-19(12-20)15-32-18(3)4)34-16-27(35)33-25-10-9-22(14-23(25)29(34)36)37-26-11-8-21(30)13-24(26)31/h5-13,17-18,23,28,32H,14-16H2,1-4H3,(H,33,35). The number of benzene rings is 2. The molecule has 1 heterocycles. The lowest BCUT2D eigenvalue weighted by atomic mass is 9.89. The number of ether oxygens (including phenoxy) is 1. The number of amides is 2. The van der Waals surface area contributed by atoms with E-state index in [2.05, 4.69) is 30.5 Å². The lowest BCUT2D eigenvalue weighted by molar-refractivity contribution is -0.140. The van der Waals surface area contributed by atoms with Crippen molar-refractivity contribution in [2.75, 3.05) is 6.54 Å². The molecule has 196 valence electrons. The minimum atomic E-state index is -0.829. The van der Waals surface area contributed by atoms with E-state index >= 15 is 0 Å². The molecule has 2 atom stereocenters. The molecular formula is C29H33F2N3O3. The van der Waals surface area contributed by atoms with E-state index in [-0.39, 0.29) is 42.5 Å². The van der Waals surface area contributed by atoms with Gasteiger partial charge in [0.2, 0.25) is 11.8 Å². The summed E-state index contributed by atoms with van der Waals surface area (Å²) < 4.78 is 33.1. The van der Waals surface area contributed by atoms with Crippen molar-refractivity contribution in [3.05, 3.63) is 88.8 Å². The first kappa shape index (κ1) is 26.5. The molecule has 4 rings (SSSR count). The predicted octanol–water partition coefficient (Wildman–Crippen LogP) is 4.99. The summed E-state index contributed by atoms with van der Waals surface area (Å²) in [5.74, 6) is -2.43. The zero-order chi connectivity index (χ0) is 26.7. The summed E-state index contributed by atoms with van der Waals surface area (Å²) in [7, 11) is 0. The molecule has 1 aliphatic heterocycles. The Labute approximate surface area is 216 Å². The van der Waals surface area contributed by atoms with E-state index in [1.54, 1.807) is 17.1 Å². The zero-order valence-corrected chi connectivity index (χ0v) is 21.6. The number of carbonyl (C=O) groups is 2. The highest BCUT2D eigenvalue weighted by atomic mass is 19.1. The third-order valence-corrected chi connectivity index (χ3v) is 6.52. The Balaban J connectivity index is 1.60. The molecule has 2 aromatic carbocycles. The number of halogens is 2. The summed E-state index contributed by atoms with van der Waals surface area (Å²) in [6.07, 6.45) is 3.36. The average molecular weight is 510 g/mol. The van der Waals surface area contributed by atoms with Crippen LogP contribution in [0, 0.1) is 23.5 Å². The first-order valence-electron chi connectivity index (χ1n) is 12.6. The molecule has 8 heteroatoms. The van der Waals surface area contributed by atoms with Gasteiger partial charge in [0.1, 0.15) is 18.1 Å². The maximum atomic E-state index is 14.2. The molecule has 0 spiro atoms. The van der Waals surface area contributed by atoms with Crippen LogP contribution in [0.25, 0.3) is 0 Å². The number of hydrogen-bond donors (Lipinski definition) is 2. The Morgan fingerprint density at radius 1 is 1.08 bits per heavy atom. The van der Waals surface area contributed by atoms with Gasteiger partial charge in [-0.15, -0.1) is 0 Å². The molecule has 2 aromatic rings. The molecule has 0 aromatic heterocycles. The summed E-state index contributed by atoms with van der Waals surface area (Å²) in [5, 5.41) is 6.27. The van der Waals surface area contributed by atoms with Gasteiger partial charge in [-0.1, -0.05) is 52.0 Å². The molecule has 2 amide bonds. The van der Waals surface area contributed by atoms with Gasteiger partial charge in [0.05, 0.1) is 12.0 Å². The van der Waals surface area contributed by atoms with Crippen LogP contribution in [0.1, 0.15) is 51.3 Å². The predicted molar refractivity (Wildman–Crippen MR) is 137 cm³/mol. The second-order valence-electron chi connectivity index (χ2n) is 10.2. The van der Waals surface area contributed by atoms with Gasteiger partial charge in [0, 0.05) is 30.8 Å². The molecular weight excluding hydrogens is 476 g/mol. The molecule has 1 saturated heterocycles. The van der Waals surface area contributed by atoms with Gasteiger partial charge in [-0.2, -0.15) is 0 Å². The van der Waals surface area contributed by atoms with Crippen LogP contribution in [0.15, 0.2) is 66.1 Å². The Morgan fingerprint density at radius 2 is 1.86 bits per heavy atom. The minimum absolute atomic E-state index is 0.0405. The Kier molecular flexibility index (Phi) is 8.07. The van der Waals surface area contributed by atoms with Crippen LogP contribution in [0.2, 0.25) is 0 Å². The van der Waals surface area contributed by atoms with E-state index in [0.29, 0.717) is 24.0 Å². The highest BCUT2D eigenvalue weighted by molar-refractivity contribution is 5.92. The fourth-order valence-electron chi connectivity index (χ4n) is 4.80. The Morgan fingerprint density at radius 3 is 2.57 bits per heavy atom. The van der Waals surface area contributed by atoms with E-state index in [1.807, 2.05) is 32.0 Å². The summed E-state index contributed by atoms with van der Waals surface area (Å²) in [5.41, 5.74) is 2.55. The smallest absolute Gasteiger partial charge is 0.243 e. The van der Waals surface area contributed by atoms with E-state index in [0.717, 1.165) is 23.3 Å². The number of nitrogens with zero attached hydrogens (tertiary/aromatic N) is 1. The SMILES string of the molecule is CC(C)NCc1cccc(C(C(C)C)N2CC(=O)NC3=CC=C(Oc4ccc(F)cc4F)CC3C2=O)c1. The Bertz CT molecular complexity index is 1240. The molecule has 2 aliphatic rings. The number of hydrogen-bond acceptors (Lipinski definition) is 4. The Hall–Kier alpha value is -3.52. The second kappa shape index (κ2) is 11.3. The zero-order valence-electron chi connectivity index (χ0n) is 21.6. The lowest BCUT2D eigenvalue weighted by Gasteiger charge is -2.35. The van der Waals surface area contributed by atoms with Gasteiger partial charge in [0.25, 0.3) is 0 Å². The van der Waals surface area contributed by atoms with Crippen molar-refractivity contribution in [1.82, 2.24) is 15.5 Å². The minimum Gasteiger partial charge on any atom is -0.459 e. The van der Waals surface area contributed by atoms with Crippen LogP contribution < -0.4 is 15.4 Å². The second-order valence-corrected chi connectivity index (χ2v) is 10.2. The molecule has 0 saturated carbocycles. The van der Waals surface area contributed by atoms with Crippen molar-refractivity contribution in [1.29, 1.82) is 0 Å². The van der Waals surface area contributed by atoms with Crippen molar-refractivity contribution in [2.45, 2.75) is 52.7 Å². The van der Waals surface area contributed by atoms with Gasteiger partial charge in [0.15, 0.2) is 11.6 Å². The molecule has 0 radical (unpaired) electrons. The summed E-state index contributed by atoms with van der Waals surface area (Å²) in [4.78, 5) is 28.4. The van der Waals surface area contributed by atoms with Gasteiger partial charge < -0.3 is 20.3 Å². The number of carbonyl (C=O) groups excluding carboxylic acids is 2. The van der Waals surface area contributed by atoms with Crippen molar-refractivity contribution in [2.24, 2.45) is 11.8 Å². The van der Waals surface area contributed by atoms with Crippen molar-refractivity contribution < 1.29 is 23.1 Å². The number of fused-ring (bicyclic) bond motifs is 1. The van der Waals surface area contributed by atoms with Gasteiger partial charge in [-0.05, 0) is 41.3 Å². The highest BCUT2D eigenvalue weighted by Crippen LogP contribution is 2.36. The van der Waals surface area contributed by atoms with E-state index in [1.165, 1.54) is 6.07 Å². The molecule has 1 fully saturated rings. The fraction of sp³-hybridized carbons (Fsp3) is 0.379. The largest absolute Gasteiger partial charge is 0.459 e. The molecule has 6 nitrogen and oxygen atoms in total. The third kappa shape index (κ3) is 6.25.